The monoisotopic (exact) mass is 422 g/mol. The first-order chi connectivity index (χ1) is 13.8. The third-order valence-electron chi connectivity index (χ3n) is 4.43. The molecule has 0 unspecified atom stereocenters. The minimum absolute atomic E-state index is 0.112. The summed E-state index contributed by atoms with van der Waals surface area (Å²) in [5.41, 5.74) is 0.780. The van der Waals surface area contributed by atoms with E-state index in [-0.39, 0.29) is 37.6 Å². The van der Waals surface area contributed by atoms with Crippen LogP contribution >= 0.6 is 0 Å². The van der Waals surface area contributed by atoms with E-state index in [1.165, 1.54) is 18.2 Å². The molecule has 154 valence electrons. The van der Waals surface area contributed by atoms with E-state index < -0.39 is 32.5 Å². The van der Waals surface area contributed by atoms with Crippen LogP contribution in [-0.4, -0.2) is 44.9 Å². The number of hydrogen-bond acceptors (Lipinski definition) is 4. The van der Waals surface area contributed by atoms with Gasteiger partial charge in [0.2, 0.25) is 15.9 Å². The maximum absolute atomic E-state index is 14.2. The number of hydrogen-bond donors (Lipinski definition) is 1. The highest BCUT2D eigenvalue weighted by Gasteiger charge is 2.29. The standard InChI is InChI=1S/C20H20F2N2O4S/c1-14(16-4-2-3-5-17(16)21)12-20(25)23-15-6-7-18(22)19(13-15)29(26,27)24-8-10-28-11-9-24/h2-7,12-13H,8-11H2,1H3,(H,23,25). The maximum atomic E-state index is 14.2. The van der Waals surface area contributed by atoms with Gasteiger partial charge in [-0.2, -0.15) is 4.31 Å². The van der Waals surface area contributed by atoms with Gasteiger partial charge in [-0.15, -0.1) is 0 Å². The van der Waals surface area contributed by atoms with E-state index in [1.807, 2.05) is 0 Å². The lowest BCUT2D eigenvalue weighted by atomic mass is 10.1. The van der Waals surface area contributed by atoms with Gasteiger partial charge in [0.1, 0.15) is 16.5 Å². The molecule has 1 aliphatic heterocycles. The Balaban J connectivity index is 1.82. The van der Waals surface area contributed by atoms with E-state index in [1.54, 1.807) is 25.1 Å². The molecule has 0 radical (unpaired) electrons. The first-order valence-corrected chi connectivity index (χ1v) is 10.3. The third-order valence-corrected chi connectivity index (χ3v) is 6.35. The first-order valence-electron chi connectivity index (χ1n) is 8.90. The third kappa shape index (κ3) is 4.87. The predicted octanol–water partition coefficient (Wildman–Crippen LogP) is 3.03. The van der Waals surface area contributed by atoms with Crippen LogP contribution in [0.5, 0.6) is 0 Å². The van der Waals surface area contributed by atoms with Crippen molar-refractivity contribution in [3.63, 3.8) is 0 Å². The number of anilines is 1. The maximum Gasteiger partial charge on any atom is 0.248 e. The summed E-state index contributed by atoms with van der Waals surface area (Å²) in [7, 11) is -4.06. The van der Waals surface area contributed by atoms with Crippen LogP contribution in [0.25, 0.3) is 5.57 Å². The van der Waals surface area contributed by atoms with Gasteiger partial charge in [0.05, 0.1) is 13.2 Å². The Morgan fingerprint density at radius 3 is 2.48 bits per heavy atom. The molecular formula is C20H20F2N2O4S. The lowest BCUT2D eigenvalue weighted by molar-refractivity contribution is -0.111. The molecule has 1 fully saturated rings. The second-order valence-corrected chi connectivity index (χ2v) is 8.36. The van der Waals surface area contributed by atoms with E-state index in [9.17, 15) is 22.0 Å². The summed E-state index contributed by atoms with van der Waals surface area (Å²) in [5, 5.41) is 2.49. The number of benzene rings is 2. The van der Waals surface area contributed by atoms with E-state index in [4.69, 9.17) is 4.74 Å². The fourth-order valence-corrected chi connectivity index (χ4v) is 4.44. The quantitative estimate of drug-likeness (QED) is 0.752. The number of rotatable bonds is 5. The van der Waals surface area contributed by atoms with E-state index in [2.05, 4.69) is 5.32 Å². The van der Waals surface area contributed by atoms with E-state index in [0.717, 1.165) is 16.4 Å². The zero-order valence-corrected chi connectivity index (χ0v) is 16.5. The van der Waals surface area contributed by atoms with Gasteiger partial charge in [0.25, 0.3) is 0 Å². The summed E-state index contributed by atoms with van der Waals surface area (Å²) < 4.78 is 59.7. The highest BCUT2D eigenvalue weighted by Crippen LogP contribution is 2.24. The van der Waals surface area contributed by atoms with Crippen molar-refractivity contribution < 1.29 is 26.7 Å². The number of halogens is 2. The number of nitrogens with one attached hydrogen (secondary N) is 1. The molecule has 29 heavy (non-hydrogen) atoms. The molecule has 6 nitrogen and oxygen atoms in total. The molecule has 3 rings (SSSR count). The van der Waals surface area contributed by atoms with Crippen molar-refractivity contribution in [2.75, 3.05) is 31.6 Å². The molecule has 1 heterocycles. The van der Waals surface area contributed by atoms with Gasteiger partial charge in [-0.1, -0.05) is 18.2 Å². The summed E-state index contributed by atoms with van der Waals surface area (Å²) in [5.74, 6) is -1.96. The molecule has 1 saturated heterocycles. The molecule has 2 aromatic rings. The fourth-order valence-electron chi connectivity index (χ4n) is 2.94. The lowest BCUT2D eigenvalue weighted by Crippen LogP contribution is -2.40. The molecule has 0 aromatic heterocycles. The molecule has 1 amide bonds. The molecular weight excluding hydrogens is 402 g/mol. The largest absolute Gasteiger partial charge is 0.379 e. The molecule has 2 aromatic carbocycles. The Bertz CT molecular complexity index is 1050. The molecule has 0 aliphatic carbocycles. The van der Waals surface area contributed by atoms with Crippen molar-refractivity contribution in [3.8, 4) is 0 Å². The van der Waals surface area contributed by atoms with Crippen LogP contribution in [0.4, 0.5) is 14.5 Å². The van der Waals surface area contributed by atoms with Gasteiger partial charge >= 0.3 is 0 Å². The van der Waals surface area contributed by atoms with Gasteiger partial charge in [-0.05, 0) is 36.8 Å². The number of nitrogens with zero attached hydrogens (tertiary/aromatic N) is 1. The normalized spacial score (nSPS) is 15.9. The minimum atomic E-state index is -4.06. The number of amides is 1. The zero-order valence-electron chi connectivity index (χ0n) is 15.7. The van der Waals surface area contributed by atoms with E-state index in [0.29, 0.717) is 5.57 Å². The average Bonchev–Trinajstić information content (AvgIpc) is 2.70. The second kappa shape index (κ2) is 8.81. The van der Waals surface area contributed by atoms with Crippen LogP contribution < -0.4 is 5.32 Å². The van der Waals surface area contributed by atoms with Crippen molar-refractivity contribution in [3.05, 3.63) is 65.7 Å². The van der Waals surface area contributed by atoms with Crippen molar-refractivity contribution >= 4 is 27.2 Å². The van der Waals surface area contributed by atoms with Crippen LogP contribution in [-0.2, 0) is 19.6 Å². The Labute approximate surface area is 167 Å². The van der Waals surface area contributed by atoms with Gasteiger partial charge in [0.15, 0.2) is 0 Å². The van der Waals surface area contributed by atoms with Gasteiger partial charge in [0, 0.05) is 30.4 Å². The van der Waals surface area contributed by atoms with E-state index >= 15 is 0 Å². The Hall–Kier alpha value is -2.62. The molecule has 0 spiro atoms. The summed E-state index contributed by atoms with van der Waals surface area (Å²) in [6.45, 7) is 2.30. The second-order valence-electron chi connectivity index (χ2n) is 6.46. The molecule has 9 heteroatoms. The minimum Gasteiger partial charge on any atom is -0.379 e. The van der Waals surface area contributed by atoms with Crippen LogP contribution in [0, 0.1) is 11.6 Å². The highest BCUT2D eigenvalue weighted by molar-refractivity contribution is 7.89. The SMILES string of the molecule is CC(=CC(=O)Nc1ccc(F)c(S(=O)(=O)N2CCOCC2)c1)c1ccccc1F. The summed E-state index contributed by atoms with van der Waals surface area (Å²) >= 11 is 0. The molecule has 0 atom stereocenters. The smallest absolute Gasteiger partial charge is 0.248 e. The number of allylic oxidation sites excluding steroid dienone is 1. The Kier molecular flexibility index (Phi) is 6.41. The Morgan fingerprint density at radius 1 is 1.10 bits per heavy atom. The average molecular weight is 422 g/mol. The van der Waals surface area contributed by atoms with Crippen molar-refractivity contribution in [1.82, 2.24) is 4.31 Å². The van der Waals surface area contributed by atoms with Gasteiger partial charge in [-0.25, -0.2) is 17.2 Å². The Morgan fingerprint density at radius 2 is 1.79 bits per heavy atom. The summed E-state index contributed by atoms with van der Waals surface area (Å²) in [4.78, 5) is 11.8. The first kappa shape index (κ1) is 21.1. The topological polar surface area (TPSA) is 75.7 Å². The fraction of sp³-hybridized carbons (Fsp3) is 0.250. The molecule has 1 N–H and O–H groups in total. The van der Waals surface area contributed by atoms with Crippen molar-refractivity contribution in [2.45, 2.75) is 11.8 Å². The molecule has 0 saturated carbocycles. The summed E-state index contributed by atoms with van der Waals surface area (Å²) in [6, 6.07) is 9.34. The van der Waals surface area contributed by atoms with Crippen LogP contribution in [0.15, 0.2) is 53.4 Å². The highest BCUT2D eigenvalue weighted by atomic mass is 32.2. The molecule has 0 bridgehead atoms. The number of ether oxygens (including phenoxy) is 1. The van der Waals surface area contributed by atoms with Gasteiger partial charge < -0.3 is 10.1 Å². The summed E-state index contributed by atoms with van der Waals surface area (Å²) in [6.07, 6.45) is 1.19. The number of carbonyl (C=O) groups is 1. The van der Waals surface area contributed by atoms with Crippen molar-refractivity contribution in [1.29, 1.82) is 0 Å². The predicted molar refractivity (Wildman–Crippen MR) is 105 cm³/mol. The van der Waals surface area contributed by atoms with Crippen LogP contribution in [0.3, 0.4) is 0 Å². The van der Waals surface area contributed by atoms with Crippen LogP contribution in [0.2, 0.25) is 0 Å². The van der Waals surface area contributed by atoms with Gasteiger partial charge in [-0.3, -0.25) is 4.79 Å². The van der Waals surface area contributed by atoms with Crippen molar-refractivity contribution in [2.24, 2.45) is 0 Å². The zero-order chi connectivity index (χ0) is 21.0. The van der Waals surface area contributed by atoms with Crippen LogP contribution in [0.1, 0.15) is 12.5 Å². The number of carbonyl (C=O) groups excluding carboxylic acids is 1. The number of sulfonamides is 1. The lowest BCUT2D eigenvalue weighted by Gasteiger charge is -2.26. The molecule has 1 aliphatic rings. The number of morpholine rings is 1.